The molecule has 0 aliphatic heterocycles. The molecule has 22 heavy (non-hydrogen) atoms. The highest BCUT2D eigenvalue weighted by molar-refractivity contribution is 5.89. The number of alkyl carbamates (subject to hydrolysis) is 1. The maximum absolute atomic E-state index is 11.7. The summed E-state index contributed by atoms with van der Waals surface area (Å²) < 4.78 is 10.2. The number of carbonyl (C=O) groups excluding carboxylic acids is 2. The first-order chi connectivity index (χ1) is 10.3. The number of hydrogen-bond acceptors (Lipinski definition) is 4. The van der Waals surface area contributed by atoms with Gasteiger partial charge in [0.15, 0.2) is 0 Å². The summed E-state index contributed by atoms with van der Waals surface area (Å²) in [7, 11) is 0. The molecule has 0 radical (unpaired) electrons. The fourth-order valence-corrected chi connectivity index (χ4v) is 2.26. The Morgan fingerprint density at radius 2 is 1.86 bits per heavy atom. The molecule has 1 aromatic carbocycles. The van der Waals surface area contributed by atoms with Gasteiger partial charge in [-0.2, -0.15) is 0 Å². The topological polar surface area (TPSA) is 64.6 Å². The average molecular weight is 305 g/mol. The van der Waals surface area contributed by atoms with Crippen molar-refractivity contribution in [3.63, 3.8) is 0 Å². The van der Waals surface area contributed by atoms with Gasteiger partial charge < -0.3 is 14.8 Å². The van der Waals surface area contributed by atoms with Crippen LogP contribution in [0.5, 0.6) is 0 Å². The minimum atomic E-state index is -0.490. The molecular weight excluding hydrogens is 282 g/mol. The minimum Gasteiger partial charge on any atom is -0.462 e. The van der Waals surface area contributed by atoms with Crippen LogP contribution in [0, 0.1) is 0 Å². The molecular formula is C17H23NO4. The third kappa shape index (κ3) is 4.48. The lowest BCUT2D eigenvalue weighted by Crippen LogP contribution is -2.34. The highest BCUT2D eigenvalue weighted by atomic mass is 16.6. The van der Waals surface area contributed by atoms with E-state index in [4.69, 9.17) is 9.47 Å². The van der Waals surface area contributed by atoms with Gasteiger partial charge in [0.05, 0.1) is 12.2 Å². The van der Waals surface area contributed by atoms with Crippen LogP contribution >= 0.6 is 0 Å². The van der Waals surface area contributed by atoms with Gasteiger partial charge in [-0.05, 0) is 51.8 Å². The van der Waals surface area contributed by atoms with Gasteiger partial charge in [0.1, 0.15) is 5.60 Å². The molecule has 1 aliphatic carbocycles. The van der Waals surface area contributed by atoms with Gasteiger partial charge >= 0.3 is 12.1 Å². The van der Waals surface area contributed by atoms with E-state index >= 15 is 0 Å². The van der Waals surface area contributed by atoms with Gasteiger partial charge in [0, 0.05) is 12.0 Å². The van der Waals surface area contributed by atoms with Crippen molar-refractivity contribution in [2.24, 2.45) is 0 Å². The Labute approximate surface area is 131 Å². The van der Waals surface area contributed by atoms with E-state index in [2.05, 4.69) is 5.32 Å². The van der Waals surface area contributed by atoms with Gasteiger partial charge in [-0.1, -0.05) is 12.1 Å². The molecule has 1 aliphatic rings. The molecule has 120 valence electrons. The number of amides is 1. The Kier molecular flexibility index (Phi) is 4.74. The lowest BCUT2D eigenvalue weighted by Gasteiger charge is -2.19. The lowest BCUT2D eigenvalue weighted by atomic mass is 10.1. The van der Waals surface area contributed by atoms with Crippen molar-refractivity contribution in [1.82, 2.24) is 5.32 Å². The summed E-state index contributed by atoms with van der Waals surface area (Å²) in [5.74, 6) is -0.0305. The van der Waals surface area contributed by atoms with Crippen LogP contribution in [0.1, 0.15) is 56.0 Å². The molecule has 5 nitrogen and oxygen atoms in total. The fraction of sp³-hybridized carbons (Fsp3) is 0.529. The number of carbonyl (C=O) groups is 2. The number of nitrogens with one attached hydrogen (secondary N) is 1. The van der Waals surface area contributed by atoms with Gasteiger partial charge in [-0.3, -0.25) is 0 Å². The van der Waals surface area contributed by atoms with Crippen LogP contribution in [0.4, 0.5) is 4.79 Å². The second-order valence-corrected chi connectivity index (χ2v) is 6.44. The molecule has 0 heterocycles. The minimum absolute atomic E-state index is 0.100. The van der Waals surface area contributed by atoms with E-state index in [0.717, 1.165) is 12.0 Å². The summed E-state index contributed by atoms with van der Waals surface area (Å²) >= 11 is 0. The maximum atomic E-state index is 11.7. The van der Waals surface area contributed by atoms with Crippen molar-refractivity contribution in [3.8, 4) is 0 Å². The summed E-state index contributed by atoms with van der Waals surface area (Å²) in [4.78, 5) is 23.3. The highest BCUT2D eigenvalue weighted by Crippen LogP contribution is 2.40. The lowest BCUT2D eigenvalue weighted by molar-refractivity contribution is 0.0514. The maximum Gasteiger partial charge on any atom is 0.407 e. The molecule has 0 bridgehead atoms. The van der Waals surface area contributed by atoms with Gasteiger partial charge in [0.25, 0.3) is 0 Å². The third-order valence-corrected chi connectivity index (χ3v) is 3.34. The first kappa shape index (κ1) is 16.3. The number of benzene rings is 1. The van der Waals surface area contributed by atoms with E-state index in [0.29, 0.717) is 12.2 Å². The second kappa shape index (κ2) is 6.38. The Morgan fingerprint density at radius 3 is 2.41 bits per heavy atom. The standard InChI is InChI=1S/C17H23NO4/c1-5-21-15(19)12-8-6-11(7-9-12)13-10-14(13)18-16(20)22-17(2,3)4/h6-9,13-14H,5,10H2,1-4H3,(H,18,20)/t13-,14+/m0/s1. The smallest absolute Gasteiger partial charge is 0.407 e. The first-order valence-corrected chi connectivity index (χ1v) is 7.56. The van der Waals surface area contributed by atoms with Crippen molar-refractivity contribution < 1.29 is 19.1 Å². The Balaban J connectivity index is 1.87. The molecule has 1 fully saturated rings. The Bertz CT molecular complexity index is 545. The number of esters is 1. The Morgan fingerprint density at radius 1 is 1.23 bits per heavy atom. The third-order valence-electron chi connectivity index (χ3n) is 3.34. The summed E-state index contributed by atoms with van der Waals surface area (Å²) in [6, 6.07) is 7.44. The zero-order valence-corrected chi connectivity index (χ0v) is 13.5. The van der Waals surface area contributed by atoms with Crippen LogP contribution in [-0.4, -0.2) is 30.3 Å². The zero-order valence-electron chi connectivity index (χ0n) is 13.5. The predicted octanol–water partition coefficient (Wildman–Crippen LogP) is 3.24. The molecule has 2 rings (SSSR count). The average Bonchev–Trinajstić information content (AvgIpc) is 3.16. The van der Waals surface area contributed by atoms with E-state index in [1.165, 1.54) is 0 Å². The van der Waals surface area contributed by atoms with Crippen LogP contribution < -0.4 is 5.32 Å². The van der Waals surface area contributed by atoms with E-state index < -0.39 is 5.60 Å². The van der Waals surface area contributed by atoms with Crippen LogP contribution in [0.25, 0.3) is 0 Å². The zero-order chi connectivity index (χ0) is 16.3. The van der Waals surface area contributed by atoms with Crippen LogP contribution in [0.2, 0.25) is 0 Å². The number of rotatable bonds is 4. The normalized spacial score (nSPS) is 20.2. The summed E-state index contributed by atoms with van der Waals surface area (Å²) in [5, 5.41) is 2.86. The largest absolute Gasteiger partial charge is 0.462 e. The first-order valence-electron chi connectivity index (χ1n) is 7.56. The molecule has 0 aromatic heterocycles. The second-order valence-electron chi connectivity index (χ2n) is 6.44. The molecule has 0 saturated heterocycles. The van der Waals surface area contributed by atoms with E-state index in [9.17, 15) is 9.59 Å². The SMILES string of the molecule is CCOC(=O)c1ccc([C@@H]2C[C@H]2NC(=O)OC(C)(C)C)cc1. The molecule has 1 saturated carbocycles. The quantitative estimate of drug-likeness (QED) is 0.867. The van der Waals surface area contributed by atoms with Crippen molar-refractivity contribution >= 4 is 12.1 Å². The summed E-state index contributed by atoms with van der Waals surface area (Å²) in [6.07, 6.45) is 0.501. The van der Waals surface area contributed by atoms with E-state index in [1.807, 2.05) is 32.9 Å². The summed E-state index contributed by atoms with van der Waals surface area (Å²) in [5.41, 5.74) is 1.16. The Hall–Kier alpha value is -2.04. The molecule has 0 unspecified atom stereocenters. The van der Waals surface area contributed by atoms with Crippen molar-refractivity contribution in [2.75, 3.05) is 6.61 Å². The van der Waals surface area contributed by atoms with Crippen LogP contribution in [0.3, 0.4) is 0 Å². The number of ether oxygens (including phenoxy) is 2. The molecule has 1 amide bonds. The van der Waals surface area contributed by atoms with Gasteiger partial charge in [0.2, 0.25) is 0 Å². The van der Waals surface area contributed by atoms with Gasteiger partial charge in [-0.25, -0.2) is 9.59 Å². The van der Waals surface area contributed by atoms with Crippen molar-refractivity contribution in [3.05, 3.63) is 35.4 Å². The predicted molar refractivity (Wildman–Crippen MR) is 82.9 cm³/mol. The van der Waals surface area contributed by atoms with Crippen LogP contribution in [-0.2, 0) is 9.47 Å². The van der Waals surface area contributed by atoms with E-state index in [1.54, 1.807) is 19.1 Å². The molecule has 5 heteroatoms. The molecule has 1 aromatic rings. The van der Waals surface area contributed by atoms with Gasteiger partial charge in [-0.15, -0.1) is 0 Å². The number of hydrogen-bond donors (Lipinski definition) is 1. The van der Waals surface area contributed by atoms with Crippen molar-refractivity contribution in [2.45, 2.75) is 51.7 Å². The van der Waals surface area contributed by atoms with E-state index in [-0.39, 0.29) is 24.0 Å². The summed E-state index contributed by atoms with van der Waals surface area (Å²) in [6.45, 7) is 7.66. The van der Waals surface area contributed by atoms with Crippen LogP contribution in [0.15, 0.2) is 24.3 Å². The molecule has 0 spiro atoms. The fourth-order valence-electron chi connectivity index (χ4n) is 2.26. The monoisotopic (exact) mass is 305 g/mol. The molecule has 2 atom stereocenters. The molecule has 1 N–H and O–H groups in total. The van der Waals surface area contributed by atoms with Crippen molar-refractivity contribution in [1.29, 1.82) is 0 Å². The highest BCUT2D eigenvalue weighted by Gasteiger charge is 2.40.